The van der Waals surface area contributed by atoms with E-state index in [1.54, 1.807) is 0 Å². The third kappa shape index (κ3) is 17.9. The molecule has 36 nitrogen and oxygen atoms in total. The van der Waals surface area contributed by atoms with E-state index in [1.807, 2.05) is 26.0 Å². The minimum atomic E-state index is -2.03. The molecule has 38 atom stereocenters. The van der Waals surface area contributed by atoms with E-state index in [4.69, 9.17) is 60.8 Å². The molecule has 4 heterocycles. The maximum atomic E-state index is 14.6. The number of nitrogens with two attached hydrogens (primary N) is 4. The molecular formula is C86H136FeN4O32. The number of allylic oxidation sites excluding steroid dienone is 4. The number of aliphatic hydroxyl groups is 10. The van der Waals surface area contributed by atoms with Gasteiger partial charge in [-0.25, -0.2) is 19.2 Å². The predicted molar refractivity (Wildman–Crippen MR) is 426 cm³/mol. The fourth-order valence-electron chi connectivity index (χ4n) is 25.0. The zero-order valence-electron chi connectivity index (χ0n) is 72.1. The number of aliphatic hydroxyl groups excluding tert-OH is 10. The first-order chi connectivity index (χ1) is 56.8. The van der Waals surface area contributed by atoms with Crippen LogP contribution in [0, 0.1) is 89.7 Å². The Bertz CT molecular complexity index is 3680. The van der Waals surface area contributed by atoms with Gasteiger partial charge in [-0.3, -0.25) is 19.2 Å². The smallest absolute Gasteiger partial charge is 0.335 e. The van der Waals surface area contributed by atoms with Crippen LogP contribution < -0.4 is 22.9 Å². The maximum Gasteiger partial charge on any atom is 0.335 e. The van der Waals surface area contributed by atoms with Crippen LogP contribution in [0.1, 0.15) is 210 Å². The standard InChI is InChI=1S/2C40H58O16.2C3H10N2.Fe/c2*1-36-10-11-37(2,35(51)52)16-20(36)19-15-21(41)30-38(3)8-7-18(14-17(38)6-9-40(30,5)39(19,4)13-12-36)53-34-29(25(45)24(44)28(55-34)32(49)50)56-33-26(46)22(42)23(43)27(54-33)31(47)48;2*4-2-1-3-5;/h2*15,17-18,20,22-30,33-34,42-46H,6-14,16H2,1-5H3,(H,47,48)(H,49,50)(H,51,52);2*1-5H2;. The summed E-state index contributed by atoms with van der Waals surface area (Å²) in [5.74, 6) is -8.63. The Labute approximate surface area is 726 Å². The van der Waals surface area contributed by atoms with Crippen molar-refractivity contribution in [1.82, 2.24) is 0 Å². The Morgan fingerprint density at radius 3 is 0.951 bits per heavy atom. The number of ketones is 2. The molecule has 123 heavy (non-hydrogen) atoms. The van der Waals surface area contributed by atoms with Crippen molar-refractivity contribution >= 4 is 47.4 Å². The van der Waals surface area contributed by atoms with E-state index in [2.05, 4.69) is 55.4 Å². The summed E-state index contributed by atoms with van der Waals surface area (Å²) >= 11 is 0. The number of aliphatic carboxylic acids is 6. The number of hydrogen-bond donors (Lipinski definition) is 20. The second-order valence-corrected chi connectivity index (χ2v) is 40.5. The SMILES string of the molecule is CC1(C(=O)O)CCC2(C)CCC3(C)C(=CC(=O)C4C5(C)CCC(OC6OC(C(=O)O)C(O)C(O)C6OC6OC(C(=O)O)C(O)C(O)C6O)CC5CCC43C)C2C1.CC1(C(=O)O)CCC2(C)CCC3(C)C(=CC(=O)C4C5(C)CCC(OC6OC(C(=O)O)C(O)C(O)C6OC6OC(C(=O)O)C(O)C(O)C6O)CC5CCC43C)C2C1.NCCCN.NCCCN.[Fe]. The summed E-state index contributed by atoms with van der Waals surface area (Å²) in [5.41, 5.74) is 18.3. The number of carbonyl (C=O) groups excluding carboxylic acids is 2. The second-order valence-electron chi connectivity index (χ2n) is 40.5. The fraction of sp³-hybridized carbons (Fsp3) is 0.860. The van der Waals surface area contributed by atoms with Crippen LogP contribution in [-0.4, -0.2) is 290 Å². The van der Waals surface area contributed by atoms with Gasteiger partial charge in [-0.05, 0) is 260 Å². The van der Waals surface area contributed by atoms with Gasteiger partial charge in [0.1, 0.15) is 73.2 Å². The first kappa shape index (κ1) is 100. The van der Waals surface area contributed by atoms with Crippen molar-refractivity contribution in [1.29, 1.82) is 0 Å². The van der Waals surface area contributed by atoms with Gasteiger partial charge in [-0.1, -0.05) is 66.5 Å². The molecule has 8 saturated carbocycles. The number of rotatable bonds is 18. The summed E-state index contributed by atoms with van der Waals surface area (Å²) in [6.07, 6.45) is -20.9. The van der Waals surface area contributed by atoms with Crippen molar-refractivity contribution in [2.75, 3.05) is 26.2 Å². The number of carbonyl (C=O) groups is 8. The summed E-state index contributed by atoms with van der Waals surface area (Å²) in [7, 11) is 0. The van der Waals surface area contributed by atoms with Gasteiger partial charge in [0.15, 0.2) is 61.1 Å². The Hall–Kier alpha value is -4.72. The zero-order valence-corrected chi connectivity index (χ0v) is 73.2. The van der Waals surface area contributed by atoms with Gasteiger partial charge in [0.2, 0.25) is 0 Å². The van der Waals surface area contributed by atoms with E-state index in [-0.39, 0.29) is 85.8 Å². The van der Waals surface area contributed by atoms with Gasteiger partial charge in [0, 0.05) is 28.9 Å². The Morgan fingerprint density at radius 2 is 0.667 bits per heavy atom. The topological polar surface area (TPSA) is 638 Å². The van der Waals surface area contributed by atoms with Crippen LogP contribution in [0.3, 0.4) is 0 Å². The van der Waals surface area contributed by atoms with Crippen molar-refractivity contribution < 1.29 is 175 Å². The van der Waals surface area contributed by atoms with Crippen molar-refractivity contribution in [2.24, 2.45) is 113 Å². The zero-order chi connectivity index (χ0) is 90.4. The molecule has 0 aromatic heterocycles. The number of ether oxygens (including phenoxy) is 8. The molecule has 12 fully saturated rings. The van der Waals surface area contributed by atoms with Gasteiger partial charge < -0.3 is 143 Å². The molecule has 0 spiro atoms. The van der Waals surface area contributed by atoms with E-state index >= 15 is 0 Å². The van der Waals surface area contributed by atoms with Gasteiger partial charge >= 0.3 is 35.8 Å². The normalized spacial score (nSPS) is 49.0. The van der Waals surface area contributed by atoms with Gasteiger partial charge in [-0.15, -0.1) is 0 Å². The van der Waals surface area contributed by atoms with Crippen LogP contribution in [0.15, 0.2) is 23.3 Å². The Balaban J connectivity index is 0.000000230. The molecule has 37 heteroatoms. The summed E-state index contributed by atoms with van der Waals surface area (Å²) in [5, 5.41) is 165. The summed E-state index contributed by atoms with van der Waals surface area (Å²) in [6.45, 7) is 24.4. The van der Waals surface area contributed by atoms with E-state index in [9.17, 15) is 120 Å². The minimum absolute atomic E-state index is 0. The van der Waals surface area contributed by atoms with Gasteiger partial charge in [0.25, 0.3) is 0 Å². The third-order valence-corrected chi connectivity index (χ3v) is 33.5. The van der Waals surface area contributed by atoms with Crippen LogP contribution >= 0.6 is 0 Å². The molecule has 38 unspecified atom stereocenters. The molecule has 0 bridgehead atoms. The molecule has 14 rings (SSSR count). The molecule has 14 aliphatic rings. The van der Waals surface area contributed by atoms with Crippen LogP contribution in [0.25, 0.3) is 0 Å². The molecule has 700 valence electrons. The predicted octanol–water partition coefficient (Wildman–Crippen LogP) is 1.80. The van der Waals surface area contributed by atoms with Crippen molar-refractivity contribution in [2.45, 2.75) is 346 Å². The number of carboxylic acid groups (broad SMARTS) is 6. The number of fused-ring (bicyclic) bond motifs is 14. The fourth-order valence-corrected chi connectivity index (χ4v) is 25.0. The van der Waals surface area contributed by atoms with Gasteiger partial charge in [-0.2, -0.15) is 0 Å². The third-order valence-electron chi connectivity index (χ3n) is 33.5. The largest absolute Gasteiger partial charge is 0.481 e. The minimum Gasteiger partial charge on any atom is -0.481 e. The Kier molecular flexibility index (Phi) is 30.7. The van der Waals surface area contributed by atoms with E-state index in [0.717, 1.165) is 114 Å². The van der Waals surface area contributed by atoms with Crippen LogP contribution in [0.2, 0.25) is 0 Å². The van der Waals surface area contributed by atoms with Crippen LogP contribution in [0.4, 0.5) is 0 Å². The van der Waals surface area contributed by atoms with Crippen molar-refractivity contribution in [3.05, 3.63) is 23.3 Å². The second kappa shape index (κ2) is 37.6. The summed E-state index contributed by atoms with van der Waals surface area (Å²) < 4.78 is 45.9. The average molecular weight is 1790 g/mol. The average Bonchev–Trinajstić information content (AvgIpc) is 0.680. The van der Waals surface area contributed by atoms with E-state index in [0.29, 0.717) is 64.2 Å². The summed E-state index contributed by atoms with van der Waals surface area (Å²) in [4.78, 5) is 102. The molecular weight excluding hydrogens is 1660 g/mol. The Morgan fingerprint density at radius 1 is 0.374 bits per heavy atom. The molecule has 0 amide bonds. The quantitative estimate of drug-likeness (QED) is 0.0687. The van der Waals surface area contributed by atoms with E-state index < -0.39 is 203 Å². The molecule has 0 aromatic carbocycles. The first-order valence-corrected chi connectivity index (χ1v) is 43.6. The van der Waals surface area contributed by atoms with Crippen molar-refractivity contribution in [3.63, 3.8) is 0 Å². The number of carboxylic acids is 6. The maximum absolute atomic E-state index is 14.6. The van der Waals surface area contributed by atoms with E-state index in [1.165, 1.54) is 0 Å². The molecule has 4 aliphatic heterocycles. The molecule has 0 radical (unpaired) electrons. The van der Waals surface area contributed by atoms with Crippen LogP contribution in [0.5, 0.6) is 0 Å². The van der Waals surface area contributed by atoms with Gasteiger partial charge in [0.05, 0.1) is 23.0 Å². The molecule has 0 aromatic rings. The molecule has 24 N–H and O–H groups in total. The first-order valence-electron chi connectivity index (χ1n) is 43.6. The van der Waals surface area contributed by atoms with Crippen molar-refractivity contribution in [3.8, 4) is 0 Å². The molecule has 4 saturated heterocycles. The summed E-state index contributed by atoms with van der Waals surface area (Å²) in [6, 6.07) is 0. The molecule has 10 aliphatic carbocycles. The number of hydrogen-bond acceptors (Lipinski definition) is 30. The monoisotopic (exact) mass is 1790 g/mol. The van der Waals surface area contributed by atoms with Crippen LogP contribution in [-0.2, 0) is 93.3 Å².